The Bertz CT molecular complexity index is 325. The lowest BCUT2D eigenvalue weighted by Crippen LogP contribution is -2.19. The molecule has 0 saturated heterocycles. The van der Waals surface area contributed by atoms with E-state index in [9.17, 15) is 0 Å². The number of nitrogens with two attached hydrogens (primary N) is 1. The van der Waals surface area contributed by atoms with Gasteiger partial charge >= 0.3 is 0 Å². The van der Waals surface area contributed by atoms with Crippen LogP contribution in [-0.2, 0) is 0 Å². The Balaban J connectivity index is 3.05. The van der Waals surface area contributed by atoms with Crippen molar-refractivity contribution >= 4 is 23.0 Å². The van der Waals surface area contributed by atoms with E-state index >= 15 is 0 Å². The minimum absolute atomic E-state index is 0.240. The Morgan fingerprint density at radius 3 is 2.77 bits per heavy atom. The molecule has 0 spiro atoms. The van der Waals surface area contributed by atoms with E-state index in [1.54, 1.807) is 7.11 Å². The number of ether oxygens (including phenoxy) is 1. The van der Waals surface area contributed by atoms with Gasteiger partial charge in [-0.3, -0.25) is 0 Å². The molecule has 0 aliphatic heterocycles. The summed E-state index contributed by atoms with van der Waals surface area (Å²) in [5.41, 5.74) is 7.21. The summed E-state index contributed by atoms with van der Waals surface area (Å²) >= 11 is 4.74. The van der Waals surface area contributed by atoms with E-state index in [4.69, 9.17) is 22.7 Å². The maximum atomic E-state index is 5.36. The molecule has 0 unspecified atom stereocenters. The first-order valence-corrected chi connectivity index (χ1v) is 4.26. The Morgan fingerprint density at radius 2 is 2.23 bits per heavy atom. The molecule has 3 nitrogen and oxygen atoms in total. The molecule has 3 N–H and O–H groups in total. The third kappa shape index (κ3) is 2.32. The van der Waals surface area contributed by atoms with Gasteiger partial charge in [-0.25, -0.2) is 0 Å². The molecule has 0 atom stereocenters. The monoisotopic (exact) mass is 196 g/mol. The first-order valence-electron chi connectivity index (χ1n) is 3.85. The van der Waals surface area contributed by atoms with E-state index in [1.165, 1.54) is 0 Å². The summed E-state index contributed by atoms with van der Waals surface area (Å²) in [5.74, 6) is 0.773. The quantitative estimate of drug-likeness (QED) is 0.706. The average molecular weight is 196 g/mol. The summed E-state index contributed by atoms with van der Waals surface area (Å²) in [7, 11) is 1.62. The molecule has 0 radical (unpaired) electrons. The second-order valence-electron chi connectivity index (χ2n) is 2.64. The van der Waals surface area contributed by atoms with Gasteiger partial charge in [0.1, 0.15) is 5.75 Å². The van der Waals surface area contributed by atoms with Crippen molar-refractivity contribution in [3.63, 3.8) is 0 Å². The lowest BCUT2D eigenvalue weighted by molar-refractivity contribution is 0.414. The molecule has 70 valence electrons. The summed E-state index contributed by atoms with van der Waals surface area (Å²) in [6, 6.07) is 5.74. The number of para-hydroxylation sites is 1. The number of nitrogens with one attached hydrogen (secondary N) is 1. The summed E-state index contributed by atoms with van der Waals surface area (Å²) in [4.78, 5) is 0. The van der Waals surface area contributed by atoms with Crippen molar-refractivity contribution in [1.82, 2.24) is 0 Å². The van der Waals surface area contributed by atoms with Crippen molar-refractivity contribution in [2.45, 2.75) is 6.92 Å². The fourth-order valence-electron chi connectivity index (χ4n) is 1.15. The van der Waals surface area contributed by atoms with Gasteiger partial charge in [-0.2, -0.15) is 0 Å². The maximum Gasteiger partial charge on any atom is 0.168 e. The lowest BCUT2D eigenvalue weighted by Gasteiger charge is -2.11. The first-order chi connectivity index (χ1) is 6.15. The SMILES string of the molecule is COc1c(C)cccc1NC(N)=S. The molecule has 1 aromatic carbocycles. The van der Waals surface area contributed by atoms with Crippen molar-refractivity contribution < 1.29 is 4.74 Å². The second-order valence-corrected chi connectivity index (χ2v) is 3.08. The Morgan fingerprint density at radius 1 is 1.54 bits per heavy atom. The highest BCUT2D eigenvalue weighted by Crippen LogP contribution is 2.27. The van der Waals surface area contributed by atoms with Crippen LogP contribution in [0.5, 0.6) is 5.75 Å². The van der Waals surface area contributed by atoms with Crippen LogP contribution in [0.1, 0.15) is 5.56 Å². The number of aryl methyl sites for hydroxylation is 1. The van der Waals surface area contributed by atoms with Crippen LogP contribution in [0.15, 0.2) is 18.2 Å². The predicted molar refractivity (Wildman–Crippen MR) is 58.1 cm³/mol. The van der Waals surface area contributed by atoms with E-state index < -0.39 is 0 Å². The first kappa shape index (κ1) is 9.80. The topological polar surface area (TPSA) is 47.3 Å². The van der Waals surface area contributed by atoms with Crippen LogP contribution in [-0.4, -0.2) is 12.2 Å². The third-order valence-electron chi connectivity index (χ3n) is 1.67. The number of thiocarbonyl (C=S) groups is 1. The number of hydrogen-bond acceptors (Lipinski definition) is 2. The summed E-state index contributed by atoms with van der Waals surface area (Å²) < 4.78 is 5.20. The van der Waals surface area contributed by atoms with E-state index in [-0.39, 0.29) is 5.11 Å². The van der Waals surface area contributed by atoms with E-state index in [1.807, 2.05) is 25.1 Å². The summed E-state index contributed by atoms with van der Waals surface area (Å²) in [6.07, 6.45) is 0. The Kier molecular flexibility index (Phi) is 3.08. The standard InChI is InChI=1S/C9H12N2OS/c1-6-4-3-5-7(8(6)12-2)11-9(10)13/h3-5H,1-2H3,(H3,10,11,13). The Hall–Kier alpha value is -1.29. The highest BCUT2D eigenvalue weighted by Gasteiger charge is 2.04. The van der Waals surface area contributed by atoms with Crippen LogP contribution in [0.25, 0.3) is 0 Å². The minimum atomic E-state index is 0.240. The number of methoxy groups -OCH3 is 1. The zero-order chi connectivity index (χ0) is 9.84. The molecule has 13 heavy (non-hydrogen) atoms. The second kappa shape index (κ2) is 4.09. The van der Waals surface area contributed by atoms with Crippen molar-refractivity contribution in [3.8, 4) is 5.75 Å². The van der Waals surface area contributed by atoms with Gasteiger partial charge in [0.2, 0.25) is 0 Å². The van der Waals surface area contributed by atoms with Gasteiger partial charge in [0, 0.05) is 0 Å². The van der Waals surface area contributed by atoms with Gasteiger partial charge in [0.05, 0.1) is 12.8 Å². The number of anilines is 1. The molecule has 4 heteroatoms. The zero-order valence-electron chi connectivity index (χ0n) is 7.63. The molecule has 1 rings (SSSR count). The van der Waals surface area contributed by atoms with Crippen LogP contribution >= 0.6 is 12.2 Å². The zero-order valence-corrected chi connectivity index (χ0v) is 8.44. The highest BCUT2D eigenvalue weighted by atomic mass is 32.1. The third-order valence-corrected chi connectivity index (χ3v) is 1.78. The highest BCUT2D eigenvalue weighted by molar-refractivity contribution is 7.80. The van der Waals surface area contributed by atoms with Gasteiger partial charge in [-0.05, 0) is 30.8 Å². The molecule has 0 fully saturated rings. The average Bonchev–Trinajstić information content (AvgIpc) is 2.03. The number of benzene rings is 1. The summed E-state index contributed by atoms with van der Waals surface area (Å²) in [6.45, 7) is 1.96. The molecule has 0 heterocycles. The van der Waals surface area contributed by atoms with Gasteiger partial charge in [-0.15, -0.1) is 0 Å². The smallest absolute Gasteiger partial charge is 0.168 e. The van der Waals surface area contributed by atoms with Gasteiger partial charge in [-0.1, -0.05) is 12.1 Å². The summed E-state index contributed by atoms with van der Waals surface area (Å²) in [5, 5.41) is 3.09. The molecule has 0 aromatic heterocycles. The number of rotatable bonds is 2. The van der Waals surface area contributed by atoms with Crippen LogP contribution < -0.4 is 15.8 Å². The lowest BCUT2D eigenvalue weighted by atomic mass is 10.2. The molecular formula is C9H12N2OS. The molecule has 0 aliphatic carbocycles. The largest absolute Gasteiger partial charge is 0.494 e. The van der Waals surface area contributed by atoms with E-state index in [0.29, 0.717) is 0 Å². The molecule has 0 saturated carbocycles. The normalized spacial score (nSPS) is 9.38. The van der Waals surface area contributed by atoms with Gasteiger partial charge in [0.25, 0.3) is 0 Å². The molecular weight excluding hydrogens is 184 g/mol. The van der Waals surface area contributed by atoms with Crippen molar-refractivity contribution in [2.24, 2.45) is 5.73 Å². The van der Waals surface area contributed by atoms with Crippen LogP contribution in [0.4, 0.5) is 5.69 Å². The molecule has 0 bridgehead atoms. The van der Waals surface area contributed by atoms with E-state index in [2.05, 4.69) is 5.32 Å². The fourth-order valence-corrected chi connectivity index (χ4v) is 1.26. The maximum absolute atomic E-state index is 5.36. The Labute approximate surface area is 82.9 Å². The number of hydrogen-bond donors (Lipinski definition) is 2. The van der Waals surface area contributed by atoms with Crippen LogP contribution in [0, 0.1) is 6.92 Å². The fraction of sp³-hybridized carbons (Fsp3) is 0.222. The molecule has 0 amide bonds. The van der Waals surface area contributed by atoms with Gasteiger partial charge < -0.3 is 15.8 Å². The van der Waals surface area contributed by atoms with E-state index in [0.717, 1.165) is 17.0 Å². The minimum Gasteiger partial charge on any atom is -0.494 e. The predicted octanol–water partition coefficient (Wildman–Crippen LogP) is 1.66. The van der Waals surface area contributed by atoms with Crippen molar-refractivity contribution in [2.75, 3.05) is 12.4 Å². The molecule has 0 aliphatic rings. The van der Waals surface area contributed by atoms with Crippen molar-refractivity contribution in [3.05, 3.63) is 23.8 Å². The molecule has 1 aromatic rings. The van der Waals surface area contributed by atoms with Crippen LogP contribution in [0.2, 0.25) is 0 Å². The van der Waals surface area contributed by atoms with Crippen molar-refractivity contribution in [1.29, 1.82) is 0 Å². The van der Waals surface area contributed by atoms with Crippen LogP contribution in [0.3, 0.4) is 0 Å². The van der Waals surface area contributed by atoms with Gasteiger partial charge in [0.15, 0.2) is 5.11 Å².